The molecule has 176 valence electrons. The fraction of sp³-hybridized carbons (Fsp3) is 0.966. The molecule has 0 aliphatic heterocycles. The summed E-state index contributed by atoms with van der Waals surface area (Å²) in [6, 6.07) is 0. The number of ketones is 1. The first-order chi connectivity index (χ1) is 14.2. The highest BCUT2D eigenvalue weighted by molar-refractivity contribution is 5.82. The Morgan fingerprint density at radius 3 is 2.03 bits per heavy atom. The molecule has 0 aromatic rings. The fourth-order valence-corrected chi connectivity index (χ4v) is 11.0. The Balaban J connectivity index is 1.55. The monoisotopic (exact) mass is 428 g/mol. The SMILES string of the molecule is CC1C(=O)CCC2C1(C)CCC1C2(C)CCC2(C)C3CC(C)(O)CCC3(C)CCC12C. The molecule has 5 aliphatic carbocycles. The molecule has 0 aromatic carbocycles. The zero-order valence-corrected chi connectivity index (χ0v) is 21.4. The topological polar surface area (TPSA) is 37.3 Å². The van der Waals surface area contributed by atoms with Gasteiger partial charge in [0.1, 0.15) is 5.78 Å². The van der Waals surface area contributed by atoms with Crippen LogP contribution in [0, 0.1) is 50.7 Å². The van der Waals surface area contributed by atoms with Crippen molar-refractivity contribution in [2.75, 3.05) is 0 Å². The van der Waals surface area contributed by atoms with Crippen LogP contribution >= 0.6 is 0 Å². The Morgan fingerprint density at radius 2 is 1.32 bits per heavy atom. The lowest BCUT2D eigenvalue weighted by Crippen LogP contribution is -2.68. The minimum Gasteiger partial charge on any atom is -0.390 e. The molecule has 5 aliphatic rings. The Labute approximate surface area is 191 Å². The van der Waals surface area contributed by atoms with Gasteiger partial charge in [0.05, 0.1) is 5.60 Å². The van der Waals surface area contributed by atoms with Crippen LogP contribution in [0.1, 0.15) is 119 Å². The van der Waals surface area contributed by atoms with E-state index in [1.165, 1.54) is 44.9 Å². The van der Waals surface area contributed by atoms with Crippen molar-refractivity contribution in [1.82, 2.24) is 0 Å². The van der Waals surface area contributed by atoms with E-state index in [0.29, 0.717) is 39.3 Å². The molecular weight excluding hydrogens is 380 g/mol. The van der Waals surface area contributed by atoms with Gasteiger partial charge in [-0.05, 0) is 116 Å². The highest BCUT2D eigenvalue weighted by atomic mass is 16.3. The third-order valence-electron chi connectivity index (χ3n) is 13.5. The first-order valence-electron chi connectivity index (χ1n) is 13.5. The summed E-state index contributed by atoms with van der Waals surface area (Å²) in [6.45, 7) is 17.3. The second kappa shape index (κ2) is 6.39. The molecule has 0 heterocycles. The smallest absolute Gasteiger partial charge is 0.136 e. The van der Waals surface area contributed by atoms with Gasteiger partial charge in [0.2, 0.25) is 0 Å². The van der Waals surface area contributed by atoms with E-state index < -0.39 is 5.60 Å². The van der Waals surface area contributed by atoms with Gasteiger partial charge >= 0.3 is 0 Å². The molecule has 5 rings (SSSR count). The van der Waals surface area contributed by atoms with Crippen LogP contribution in [-0.2, 0) is 4.79 Å². The summed E-state index contributed by atoms with van der Waals surface area (Å²) in [5.41, 5.74) is 1.14. The maximum atomic E-state index is 12.7. The molecule has 0 spiro atoms. The van der Waals surface area contributed by atoms with Crippen LogP contribution in [-0.4, -0.2) is 16.5 Å². The Bertz CT molecular complexity index is 786. The number of fused-ring (bicyclic) bond motifs is 7. The third-order valence-corrected chi connectivity index (χ3v) is 13.5. The first kappa shape index (κ1) is 22.4. The van der Waals surface area contributed by atoms with Crippen molar-refractivity contribution >= 4 is 5.78 Å². The molecular formula is C29H48O2. The molecule has 0 amide bonds. The molecule has 5 saturated carbocycles. The standard InChI is InChI=1S/C29H48O2/c1-19-20(30)8-9-21-26(19,4)11-10-22-27(21,5)15-17-29(7)23-18-25(3,31)14-12-24(23,2)13-16-28(22,29)6/h19,21-23,31H,8-18H2,1-7H3. The highest BCUT2D eigenvalue weighted by Crippen LogP contribution is 2.77. The van der Waals surface area contributed by atoms with E-state index in [1.54, 1.807) is 0 Å². The number of hydrogen-bond donors (Lipinski definition) is 1. The molecule has 0 radical (unpaired) electrons. The Morgan fingerprint density at radius 1 is 0.710 bits per heavy atom. The summed E-state index contributed by atoms with van der Waals surface area (Å²) in [5, 5.41) is 11.1. The van der Waals surface area contributed by atoms with Crippen molar-refractivity contribution < 1.29 is 9.90 Å². The number of hydrogen-bond acceptors (Lipinski definition) is 2. The molecule has 10 atom stereocenters. The number of Topliss-reactive ketones (excluding diaryl/α,β-unsaturated/α-hetero) is 1. The summed E-state index contributed by atoms with van der Waals surface area (Å²) in [4.78, 5) is 12.7. The molecule has 2 heteroatoms. The summed E-state index contributed by atoms with van der Waals surface area (Å²) in [6.07, 6.45) is 12.9. The lowest BCUT2D eigenvalue weighted by atomic mass is 9.30. The Kier molecular flexibility index (Phi) is 4.63. The summed E-state index contributed by atoms with van der Waals surface area (Å²) < 4.78 is 0. The fourth-order valence-electron chi connectivity index (χ4n) is 11.0. The van der Waals surface area contributed by atoms with Crippen molar-refractivity contribution in [2.45, 2.75) is 125 Å². The zero-order valence-electron chi connectivity index (χ0n) is 21.4. The number of rotatable bonds is 0. The van der Waals surface area contributed by atoms with Crippen molar-refractivity contribution in [3.63, 3.8) is 0 Å². The average molecular weight is 429 g/mol. The van der Waals surface area contributed by atoms with Crippen LogP contribution in [0.4, 0.5) is 0 Å². The first-order valence-corrected chi connectivity index (χ1v) is 13.5. The van der Waals surface area contributed by atoms with Gasteiger partial charge in [0, 0.05) is 12.3 Å². The van der Waals surface area contributed by atoms with Crippen molar-refractivity contribution in [1.29, 1.82) is 0 Å². The van der Waals surface area contributed by atoms with Gasteiger partial charge in [0.15, 0.2) is 0 Å². The van der Waals surface area contributed by atoms with Gasteiger partial charge in [0.25, 0.3) is 0 Å². The average Bonchev–Trinajstić information content (AvgIpc) is 2.69. The van der Waals surface area contributed by atoms with Gasteiger partial charge in [-0.3, -0.25) is 4.79 Å². The van der Waals surface area contributed by atoms with Crippen LogP contribution in [0.5, 0.6) is 0 Å². The maximum Gasteiger partial charge on any atom is 0.136 e. The van der Waals surface area contributed by atoms with Gasteiger partial charge in [-0.15, -0.1) is 0 Å². The van der Waals surface area contributed by atoms with Crippen molar-refractivity contribution in [3.05, 3.63) is 0 Å². The molecule has 5 fully saturated rings. The van der Waals surface area contributed by atoms with Gasteiger partial charge < -0.3 is 5.11 Å². The van der Waals surface area contributed by atoms with Crippen molar-refractivity contribution in [2.24, 2.45) is 50.7 Å². The quantitative estimate of drug-likeness (QED) is 0.443. The second-order valence-electron chi connectivity index (χ2n) is 14.6. The van der Waals surface area contributed by atoms with Gasteiger partial charge in [-0.1, -0.05) is 41.5 Å². The van der Waals surface area contributed by atoms with E-state index in [9.17, 15) is 9.90 Å². The van der Waals surface area contributed by atoms with E-state index in [1.807, 2.05) is 0 Å². The maximum absolute atomic E-state index is 12.7. The number of aliphatic hydroxyl groups is 1. The van der Waals surface area contributed by atoms with Gasteiger partial charge in [-0.25, -0.2) is 0 Å². The lowest BCUT2D eigenvalue weighted by Gasteiger charge is -2.74. The second-order valence-corrected chi connectivity index (χ2v) is 14.6. The van der Waals surface area contributed by atoms with Crippen LogP contribution in [0.25, 0.3) is 0 Å². The lowest BCUT2D eigenvalue weighted by molar-refractivity contribution is -0.260. The zero-order chi connectivity index (χ0) is 22.7. The largest absolute Gasteiger partial charge is 0.390 e. The predicted octanol–water partition coefficient (Wildman–Crippen LogP) is 7.18. The van der Waals surface area contributed by atoms with E-state index >= 15 is 0 Å². The highest BCUT2D eigenvalue weighted by Gasteiger charge is 2.70. The molecule has 2 nitrogen and oxygen atoms in total. The van der Waals surface area contributed by atoms with Crippen LogP contribution in [0.15, 0.2) is 0 Å². The Hall–Kier alpha value is -0.370. The minimum absolute atomic E-state index is 0.197. The molecule has 0 aromatic heterocycles. The third kappa shape index (κ3) is 2.69. The normalized spacial score (nSPS) is 61.6. The summed E-state index contributed by atoms with van der Waals surface area (Å²) in [7, 11) is 0. The van der Waals surface area contributed by atoms with Crippen LogP contribution < -0.4 is 0 Å². The molecule has 31 heavy (non-hydrogen) atoms. The molecule has 0 bridgehead atoms. The van der Waals surface area contributed by atoms with E-state index in [-0.39, 0.29) is 11.3 Å². The van der Waals surface area contributed by atoms with E-state index in [2.05, 4.69) is 48.5 Å². The summed E-state index contributed by atoms with van der Waals surface area (Å²) in [5.74, 6) is 2.83. The molecule has 10 unspecified atom stereocenters. The van der Waals surface area contributed by atoms with Crippen LogP contribution in [0.3, 0.4) is 0 Å². The minimum atomic E-state index is -0.490. The molecule has 0 saturated heterocycles. The number of carbonyl (C=O) groups excluding carboxylic acids is 1. The summed E-state index contributed by atoms with van der Waals surface area (Å²) >= 11 is 0. The predicted molar refractivity (Wildman–Crippen MR) is 127 cm³/mol. The van der Waals surface area contributed by atoms with Crippen molar-refractivity contribution in [3.8, 4) is 0 Å². The number of carbonyl (C=O) groups is 1. The van der Waals surface area contributed by atoms with E-state index in [4.69, 9.17) is 0 Å². The van der Waals surface area contributed by atoms with Gasteiger partial charge in [-0.2, -0.15) is 0 Å². The van der Waals surface area contributed by atoms with Crippen LogP contribution in [0.2, 0.25) is 0 Å². The molecule has 1 N–H and O–H groups in total. The van der Waals surface area contributed by atoms with E-state index in [0.717, 1.165) is 31.6 Å².